The highest BCUT2D eigenvalue weighted by Crippen LogP contribution is 2.28. The minimum atomic E-state index is -0.464. The van der Waals surface area contributed by atoms with Gasteiger partial charge in [0.05, 0.1) is 25.4 Å². The number of hydrogen-bond donors (Lipinski definition) is 0. The number of ether oxygens (including phenoxy) is 3. The number of hydrogen-bond acceptors (Lipinski definition) is 8. The third-order valence-corrected chi connectivity index (χ3v) is 5.72. The van der Waals surface area contributed by atoms with Crippen molar-refractivity contribution in [3.05, 3.63) is 84.5 Å². The summed E-state index contributed by atoms with van der Waals surface area (Å²) in [6.07, 6.45) is 1.96. The third-order valence-electron chi connectivity index (χ3n) is 4.76. The van der Waals surface area contributed by atoms with E-state index in [0.29, 0.717) is 22.6 Å². The van der Waals surface area contributed by atoms with Gasteiger partial charge >= 0.3 is 0 Å². The number of thiazole rings is 1. The van der Waals surface area contributed by atoms with Crippen LogP contribution in [0, 0.1) is 0 Å². The van der Waals surface area contributed by atoms with Crippen molar-refractivity contribution in [1.29, 1.82) is 0 Å². The van der Waals surface area contributed by atoms with E-state index < -0.39 is 5.56 Å². The van der Waals surface area contributed by atoms with E-state index in [4.69, 9.17) is 14.2 Å². The van der Waals surface area contributed by atoms with Gasteiger partial charge in [-0.15, -0.1) is 0 Å². The fourth-order valence-corrected chi connectivity index (χ4v) is 4.12. The zero-order chi connectivity index (χ0) is 22.7. The maximum absolute atomic E-state index is 12.9. The van der Waals surface area contributed by atoms with Gasteiger partial charge in [-0.05, 0) is 48.4 Å². The van der Waals surface area contributed by atoms with Gasteiger partial charge in [0.15, 0.2) is 11.5 Å². The molecule has 164 valence electrons. The van der Waals surface area contributed by atoms with E-state index in [1.807, 2.05) is 37.3 Å². The topological polar surface area (TPSA) is 92.0 Å². The molecule has 0 unspecified atom stereocenters. The Labute approximate surface area is 187 Å². The molecule has 0 atom stereocenters. The van der Waals surface area contributed by atoms with Crippen molar-refractivity contribution in [1.82, 2.24) is 14.6 Å². The zero-order valence-electron chi connectivity index (χ0n) is 17.8. The summed E-state index contributed by atoms with van der Waals surface area (Å²) in [5.74, 6) is 1.90. The Morgan fingerprint density at radius 3 is 2.47 bits per heavy atom. The van der Waals surface area contributed by atoms with Crippen molar-refractivity contribution in [2.45, 2.75) is 13.3 Å². The molecule has 4 rings (SSSR count). The summed E-state index contributed by atoms with van der Waals surface area (Å²) < 4.78 is 17.6. The van der Waals surface area contributed by atoms with Crippen molar-refractivity contribution in [3.8, 4) is 17.2 Å². The van der Waals surface area contributed by atoms with Gasteiger partial charge < -0.3 is 14.2 Å². The van der Waals surface area contributed by atoms with Crippen LogP contribution in [0.2, 0.25) is 0 Å². The third kappa shape index (κ3) is 4.33. The molecule has 2 aromatic carbocycles. The van der Waals surface area contributed by atoms with Crippen LogP contribution in [0.25, 0.3) is 11.0 Å². The molecule has 0 saturated heterocycles. The molecule has 0 aliphatic rings. The van der Waals surface area contributed by atoms with E-state index in [-0.39, 0.29) is 22.6 Å². The predicted molar refractivity (Wildman–Crippen MR) is 122 cm³/mol. The number of nitrogens with zero attached hydrogens (tertiary/aromatic N) is 3. The lowest BCUT2D eigenvalue weighted by molar-refractivity contribution is 0.340. The van der Waals surface area contributed by atoms with Gasteiger partial charge in [-0.1, -0.05) is 29.5 Å². The molecule has 2 heterocycles. The molecule has 0 aliphatic carbocycles. The molecule has 9 heteroatoms. The van der Waals surface area contributed by atoms with Crippen LogP contribution in [0.1, 0.15) is 23.7 Å². The van der Waals surface area contributed by atoms with E-state index in [0.717, 1.165) is 28.2 Å². The number of benzene rings is 2. The SMILES string of the molecule is CCOc1ccc(/C=c2/sc3nc(=O)c(Cc4ccc(OC)c(OC)c4)nn3c2=O)cc1. The van der Waals surface area contributed by atoms with E-state index in [9.17, 15) is 9.59 Å². The highest BCUT2D eigenvalue weighted by atomic mass is 32.1. The maximum atomic E-state index is 12.9. The van der Waals surface area contributed by atoms with Crippen LogP contribution in [0.4, 0.5) is 0 Å². The summed E-state index contributed by atoms with van der Waals surface area (Å²) in [6.45, 7) is 2.50. The Balaban J connectivity index is 1.70. The average molecular weight is 452 g/mol. The van der Waals surface area contributed by atoms with Crippen LogP contribution < -0.4 is 29.9 Å². The van der Waals surface area contributed by atoms with Gasteiger partial charge in [-0.2, -0.15) is 14.6 Å². The molecule has 0 bridgehead atoms. The molecule has 0 amide bonds. The van der Waals surface area contributed by atoms with Gasteiger partial charge in [0.25, 0.3) is 11.1 Å². The summed E-state index contributed by atoms with van der Waals surface area (Å²) in [7, 11) is 3.09. The largest absolute Gasteiger partial charge is 0.494 e. The Morgan fingerprint density at radius 1 is 1.03 bits per heavy atom. The van der Waals surface area contributed by atoms with Crippen molar-refractivity contribution in [2.24, 2.45) is 0 Å². The second-order valence-corrected chi connectivity index (χ2v) is 7.85. The average Bonchev–Trinajstić information content (AvgIpc) is 3.09. The van der Waals surface area contributed by atoms with Crippen molar-refractivity contribution >= 4 is 22.4 Å². The molecule has 8 nitrogen and oxygen atoms in total. The Kier molecular flexibility index (Phi) is 6.18. The van der Waals surface area contributed by atoms with Crippen LogP contribution in [-0.4, -0.2) is 35.4 Å². The lowest BCUT2D eigenvalue weighted by atomic mass is 10.1. The fourth-order valence-electron chi connectivity index (χ4n) is 3.21. The van der Waals surface area contributed by atoms with Crippen LogP contribution in [0.3, 0.4) is 0 Å². The van der Waals surface area contributed by atoms with Crippen LogP contribution in [-0.2, 0) is 6.42 Å². The van der Waals surface area contributed by atoms with Crippen molar-refractivity contribution in [2.75, 3.05) is 20.8 Å². The lowest BCUT2D eigenvalue weighted by Crippen LogP contribution is -2.28. The molecule has 2 aromatic heterocycles. The molecule has 0 aliphatic heterocycles. The highest BCUT2D eigenvalue weighted by molar-refractivity contribution is 7.15. The first-order valence-corrected chi connectivity index (χ1v) is 10.7. The lowest BCUT2D eigenvalue weighted by Gasteiger charge is -2.09. The maximum Gasteiger partial charge on any atom is 0.296 e. The predicted octanol–water partition coefficient (Wildman–Crippen LogP) is 2.07. The van der Waals surface area contributed by atoms with Crippen LogP contribution in [0.5, 0.6) is 17.2 Å². The number of methoxy groups -OCH3 is 2. The summed E-state index contributed by atoms with van der Waals surface area (Å²) >= 11 is 1.13. The van der Waals surface area contributed by atoms with Crippen molar-refractivity contribution < 1.29 is 14.2 Å². The smallest absolute Gasteiger partial charge is 0.296 e. The number of aromatic nitrogens is 3. The Morgan fingerprint density at radius 2 is 1.78 bits per heavy atom. The van der Waals surface area contributed by atoms with E-state index in [1.54, 1.807) is 32.4 Å². The minimum Gasteiger partial charge on any atom is -0.494 e. The van der Waals surface area contributed by atoms with E-state index in [1.165, 1.54) is 4.52 Å². The quantitative estimate of drug-likeness (QED) is 0.425. The van der Waals surface area contributed by atoms with Gasteiger partial charge in [0.2, 0.25) is 4.96 Å². The van der Waals surface area contributed by atoms with Gasteiger partial charge in [-0.25, -0.2) is 0 Å². The Hall–Kier alpha value is -3.72. The number of fused-ring (bicyclic) bond motifs is 1. The molecule has 32 heavy (non-hydrogen) atoms. The van der Waals surface area contributed by atoms with Crippen molar-refractivity contribution in [3.63, 3.8) is 0 Å². The first-order chi connectivity index (χ1) is 15.5. The standard InChI is InChI=1S/C23H21N3O5S/c1-4-31-16-8-5-14(6-9-16)13-20-22(28)26-23(32-20)24-21(27)17(25-26)11-15-7-10-18(29-2)19(12-15)30-3/h5-10,12-13H,4,11H2,1-3H3/b20-13+. The Bertz CT molecular complexity index is 1430. The molecule has 0 spiro atoms. The molecule has 0 N–H and O–H groups in total. The normalized spacial score (nSPS) is 11.7. The molecular weight excluding hydrogens is 430 g/mol. The second-order valence-electron chi connectivity index (χ2n) is 6.84. The fraction of sp³-hybridized carbons (Fsp3) is 0.217. The first-order valence-electron chi connectivity index (χ1n) is 9.90. The molecule has 4 aromatic rings. The van der Waals surface area contributed by atoms with Gasteiger partial charge in [0, 0.05) is 6.42 Å². The zero-order valence-corrected chi connectivity index (χ0v) is 18.6. The van der Waals surface area contributed by atoms with Gasteiger partial charge in [0.1, 0.15) is 11.4 Å². The molecule has 0 fully saturated rings. The highest BCUT2D eigenvalue weighted by Gasteiger charge is 2.13. The first kappa shape index (κ1) is 21.5. The van der Waals surface area contributed by atoms with E-state index >= 15 is 0 Å². The van der Waals surface area contributed by atoms with Crippen LogP contribution >= 0.6 is 11.3 Å². The minimum absolute atomic E-state index is 0.178. The summed E-state index contributed by atoms with van der Waals surface area (Å²) in [6, 6.07) is 12.7. The second kappa shape index (κ2) is 9.19. The summed E-state index contributed by atoms with van der Waals surface area (Å²) in [5, 5.41) is 4.30. The summed E-state index contributed by atoms with van der Waals surface area (Å²) in [5.41, 5.74) is 1.02. The summed E-state index contributed by atoms with van der Waals surface area (Å²) in [4.78, 5) is 29.7. The molecule has 0 saturated carbocycles. The van der Waals surface area contributed by atoms with Crippen LogP contribution in [0.15, 0.2) is 52.1 Å². The number of rotatable bonds is 7. The van der Waals surface area contributed by atoms with E-state index in [2.05, 4.69) is 10.1 Å². The van der Waals surface area contributed by atoms with Gasteiger partial charge in [-0.3, -0.25) is 9.59 Å². The molecule has 0 radical (unpaired) electrons. The molecular formula is C23H21N3O5S. The monoisotopic (exact) mass is 451 g/mol.